The molecule has 6 heteroatoms. The van der Waals surface area contributed by atoms with Gasteiger partial charge in [0.1, 0.15) is 0 Å². The van der Waals surface area contributed by atoms with Crippen molar-refractivity contribution in [2.45, 2.75) is 32.2 Å². The summed E-state index contributed by atoms with van der Waals surface area (Å²) in [5, 5.41) is 3.39. The van der Waals surface area contributed by atoms with Gasteiger partial charge in [-0.2, -0.15) is 12.7 Å². The van der Waals surface area contributed by atoms with E-state index in [9.17, 15) is 8.42 Å². The van der Waals surface area contributed by atoms with Gasteiger partial charge in [0.2, 0.25) is 0 Å². The molecule has 2 unspecified atom stereocenters. The van der Waals surface area contributed by atoms with Crippen molar-refractivity contribution < 1.29 is 8.42 Å². The van der Waals surface area contributed by atoms with Crippen LogP contribution in [0.1, 0.15) is 26.2 Å². The summed E-state index contributed by atoms with van der Waals surface area (Å²) in [5.41, 5.74) is 0. The minimum atomic E-state index is -3.29. The molecule has 16 heavy (non-hydrogen) atoms. The van der Waals surface area contributed by atoms with E-state index in [4.69, 9.17) is 0 Å². The van der Waals surface area contributed by atoms with E-state index in [2.05, 4.69) is 17.0 Å². The van der Waals surface area contributed by atoms with E-state index in [1.807, 2.05) is 0 Å². The van der Waals surface area contributed by atoms with Crippen LogP contribution in [0.2, 0.25) is 0 Å². The zero-order valence-corrected chi connectivity index (χ0v) is 11.2. The summed E-state index contributed by atoms with van der Waals surface area (Å²) in [4.78, 5) is 0. The molecule has 1 fully saturated rings. The summed E-state index contributed by atoms with van der Waals surface area (Å²) < 4.78 is 26.9. The molecule has 1 aliphatic heterocycles. The number of hydrogen-bond acceptors (Lipinski definition) is 3. The second kappa shape index (κ2) is 5.95. The number of nitrogens with zero attached hydrogens (tertiary/aromatic N) is 1. The fraction of sp³-hybridized carbons (Fsp3) is 1.00. The number of rotatable bonds is 5. The first-order valence-electron chi connectivity index (χ1n) is 5.88. The predicted octanol–water partition coefficient (Wildman–Crippen LogP) is 0.161. The zero-order chi connectivity index (χ0) is 12.2. The number of piperidine rings is 1. The van der Waals surface area contributed by atoms with Gasteiger partial charge in [0.25, 0.3) is 10.2 Å². The van der Waals surface area contributed by atoms with Crippen molar-refractivity contribution in [1.29, 1.82) is 0 Å². The number of nitrogens with one attached hydrogen (secondary N) is 2. The van der Waals surface area contributed by atoms with Gasteiger partial charge in [0.05, 0.1) is 0 Å². The van der Waals surface area contributed by atoms with Gasteiger partial charge >= 0.3 is 0 Å². The van der Waals surface area contributed by atoms with Gasteiger partial charge in [0.15, 0.2) is 0 Å². The average Bonchev–Trinajstić information content (AvgIpc) is 2.26. The second-order valence-electron chi connectivity index (χ2n) is 4.51. The molecular formula is C10H23N3O2S. The molecule has 2 atom stereocenters. The highest BCUT2D eigenvalue weighted by Gasteiger charge is 2.24. The highest BCUT2D eigenvalue weighted by atomic mass is 32.2. The lowest BCUT2D eigenvalue weighted by Gasteiger charge is -2.32. The van der Waals surface area contributed by atoms with Crippen molar-refractivity contribution >= 4 is 10.2 Å². The first kappa shape index (κ1) is 13.9. The molecule has 1 saturated heterocycles. The molecule has 96 valence electrons. The quantitative estimate of drug-likeness (QED) is 0.730. The third-order valence-corrected chi connectivity index (χ3v) is 4.71. The Labute approximate surface area is 98.8 Å². The van der Waals surface area contributed by atoms with Crippen LogP contribution in [0, 0.1) is 5.92 Å². The van der Waals surface area contributed by atoms with Crippen LogP contribution in [-0.2, 0) is 10.2 Å². The van der Waals surface area contributed by atoms with Crippen molar-refractivity contribution in [3.63, 3.8) is 0 Å². The van der Waals surface area contributed by atoms with E-state index in [1.54, 1.807) is 0 Å². The largest absolute Gasteiger partial charge is 0.312 e. The topological polar surface area (TPSA) is 61.4 Å². The Hall–Kier alpha value is -0.170. The molecule has 2 N–H and O–H groups in total. The number of hydrogen-bond donors (Lipinski definition) is 2. The van der Waals surface area contributed by atoms with Crippen molar-refractivity contribution in [2.75, 3.05) is 27.2 Å². The van der Waals surface area contributed by atoms with Gasteiger partial charge < -0.3 is 5.32 Å². The maximum absolute atomic E-state index is 11.6. The Kier molecular flexibility index (Phi) is 5.17. The Bertz CT molecular complexity index is 303. The van der Waals surface area contributed by atoms with Crippen molar-refractivity contribution in [1.82, 2.24) is 14.3 Å². The lowest BCUT2D eigenvalue weighted by atomic mass is 9.89. The molecule has 0 aromatic rings. The molecular weight excluding hydrogens is 226 g/mol. The minimum Gasteiger partial charge on any atom is -0.312 e. The highest BCUT2D eigenvalue weighted by Crippen LogP contribution is 2.19. The van der Waals surface area contributed by atoms with Crippen LogP contribution in [0.3, 0.4) is 0 Å². The van der Waals surface area contributed by atoms with Crippen LogP contribution in [0.4, 0.5) is 0 Å². The van der Waals surface area contributed by atoms with Gasteiger partial charge in [-0.25, -0.2) is 4.72 Å². The predicted molar refractivity (Wildman–Crippen MR) is 65.4 cm³/mol. The van der Waals surface area contributed by atoms with Gasteiger partial charge in [-0.1, -0.05) is 13.3 Å². The Morgan fingerprint density at radius 3 is 2.69 bits per heavy atom. The summed E-state index contributed by atoms with van der Waals surface area (Å²) in [6.07, 6.45) is 3.48. The molecule has 0 aromatic carbocycles. The molecule has 5 nitrogen and oxygen atoms in total. The van der Waals surface area contributed by atoms with E-state index >= 15 is 0 Å². The fourth-order valence-corrected chi connectivity index (χ4v) is 2.72. The first-order valence-corrected chi connectivity index (χ1v) is 7.32. The third kappa shape index (κ3) is 3.69. The lowest BCUT2D eigenvalue weighted by Crippen LogP contribution is -2.50. The molecule has 0 amide bonds. The third-order valence-electron chi connectivity index (χ3n) is 3.22. The molecule has 0 aliphatic carbocycles. The molecule has 1 aliphatic rings. The lowest BCUT2D eigenvalue weighted by molar-refractivity contribution is 0.272. The van der Waals surface area contributed by atoms with Crippen LogP contribution in [0.5, 0.6) is 0 Å². The molecule has 1 heterocycles. The van der Waals surface area contributed by atoms with Crippen molar-refractivity contribution in [3.05, 3.63) is 0 Å². The minimum absolute atomic E-state index is 0.272. The average molecular weight is 249 g/mol. The molecule has 1 rings (SSSR count). The van der Waals surface area contributed by atoms with Crippen molar-refractivity contribution in [2.24, 2.45) is 5.92 Å². The standard InChI is InChI=1S/C10H23N3O2S/c1-4-9-6-5-7-11-10(9)8-12-16(14,15)13(2)3/h9-12H,4-8H2,1-3H3. The summed E-state index contributed by atoms with van der Waals surface area (Å²) in [6.45, 7) is 3.63. The molecule has 0 radical (unpaired) electrons. The Morgan fingerprint density at radius 1 is 1.44 bits per heavy atom. The van der Waals surface area contributed by atoms with Crippen LogP contribution in [0.15, 0.2) is 0 Å². The van der Waals surface area contributed by atoms with Gasteiger partial charge in [-0.15, -0.1) is 0 Å². The van der Waals surface area contributed by atoms with Crippen LogP contribution in [0.25, 0.3) is 0 Å². The Morgan fingerprint density at radius 2 is 2.12 bits per heavy atom. The highest BCUT2D eigenvalue weighted by molar-refractivity contribution is 7.87. The van der Waals surface area contributed by atoms with Gasteiger partial charge in [-0.3, -0.25) is 0 Å². The van der Waals surface area contributed by atoms with E-state index in [-0.39, 0.29) is 6.04 Å². The smallest absolute Gasteiger partial charge is 0.278 e. The molecule has 0 aromatic heterocycles. The van der Waals surface area contributed by atoms with Crippen molar-refractivity contribution in [3.8, 4) is 0 Å². The fourth-order valence-electron chi connectivity index (χ4n) is 2.07. The maximum Gasteiger partial charge on any atom is 0.278 e. The summed E-state index contributed by atoms with van der Waals surface area (Å²) in [7, 11) is -0.215. The SMILES string of the molecule is CCC1CCCNC1CNS(=O)(=O)N(C)C. The summed E-state index contributed by atoms with van der Waals surface area (Å²) in [5.74, 6) is 0.582. The molecule has 0 bridgehead atoms. The normalized spacial score (nSPS) is 27.2. The van der Waals surface area contributed by atoms with Gasteiger partial charge in [-0.05, 0) is 25.3 Å². The Balaban J connectivity index is 2.47. The van der Waals surface area contributed by atoms with E-state index in [1.165, 1.54) is 31.2 Å². The van der Waals surface area contributed by atoms with E-state index < -0.39 is 10.2 Å². The second-order valence-corrected chi connectivity index (χ2v) is 6.48. The van der Waals surface area contributed by atoms with E-state index in [0.717, 1.165) is 13.0 Å². The maximum atomic E-state index is 11.6. The first-order chi connectivity index (χ1) is 7.47. The summed E-state index contributed by atoms with van der Waals surface area (Å²) >= 11 is 0. The molecule has 0 saturated carbocycles. The zero-order valence-electron chi connectivity index (χ0n) is 10.4. The van der Waals surface area contributed by atoms with Gasteiger partial charge in [0, 0.05) is 26.7 Å². The van der Waals surface area contributed by atoms with Crippen LogP contribution < -0.4 is 10.0 Å². The molecule has 0 spiro atoms. The monoisotopic (exact) mass is 249 g/mol. The van der Waals surface area contributed by atoms with Crippen LogP contribution in [-0.4, -0.2) is 45.9 Å². The van der Waals surface area contributed by atoms with Crippen LogP contribution >= 0.6 is 0 Å². The summed E-state index contributed by atoms with van der Waals surface area (Å²) in [6, 6.07) is 0.272. The van der Waals surface area contributed by atoms with E-state index in [0.29, 0.717) is 12.5 Å².